The molecule has 0 aromatic heterocycles. The first kappa shape index (κ1) is 80.2. The van der Waals surface area contributed by atoms with Gasteiger partial charge in [0.15, 0.2) is 0 Å². The van der Waals surface area contributed by atoms with E-state index >= 15 is 0 Å². The predicted octanol–water partition coefficient (Wildman–Crippen LogP) is 20.5. The highest BCUT2D eigenvalue weighted by Gasteiger charge is 2.01. The van der Waals surface area contributed by atoms with Crippen molar-refractivity contribution in [3.05, 3.63) is 29.8 Å². The lowest BCUT2D eigenvalue weighted by atomic mass is 9.80. The van der Waals surface area contributed by atoms with Crippen LogP contribution in [0.1, 0.15) is 413 Å². The van der Waals surface area contributed by atoms with E-state index in [9.17, 15) is 10.0 Å². The fourth-order valence-corrected chi connectivity index (χ4v) is 11.4. The van der Waals surface area contributed by atoms with E-state index in [1.807, 2.05) is 12.1 Å². The third kappa shape index (κ3) is 73.2. The molecule has 4 N–H and O–H groups in total. The van der Waals surface area contributed by atoms with E-state index in [0.29, 0.717) is 5.46 Å². The zero-order chi connectivity index (χ0) is 57.5. The van der Waals surface area contributed by atoms with Crippen molar-refractivity contribution in [3.8, 4) is 0 Å². The SMILES string of the molecule is CCCCCCCCCCCCCCCC[NH2+]CCCCCCCCCCCCCCCC.CCCCCCCCCCCCCCCC[NH2+]CCCCCCCCCCCCCCCC.CCCCc1ccc(B([O-])[O-])cc1. The van der Waals surface area contributed by atoms with Crippen LogP contribution in [0.3, 0.4) is 0 Å². The number of aryl methyl sites for hydroxylation is 1. The minimum atomic E-state index is -1.85. The van der Waals surface area contributed by atoms with Crippen molar-refractivity contribution < 1.29 is 20.7 Å². The van der Waals surface area contributed by atoms with Crippen LogP contribution in [0.15, 0.2) is 24.3 Å². The van der Waals surface area contributed by atoms with Crippen LogP contribution >= 0.6 is 0 Å². The first-order valence-corrected chi connectivity index (χ1v) is 37.1. The summed E-state index contributed by atoms with van der Waals surface area (Å²) in [5, 5.41) is 26.2. The predicted molar refractivity (Wildman–Crippen MR) is 355 cm³/mol. The molecule has 0 amide bonds. The second-order valence-electron chi connectivity index (χ2n) is 25.3. The summed E-state index contributed by atoms with van der Waals surface area (Å²) in [7, 11) is -1.85. The lowest BCUT2D eigenvalue weighted by Crippen LogP contribution is -2.84. The minimum Gasteiger partial charge on any atom is -0.889 e. The maximum Gasteiger partial charge on any atom is 0.0755 e. The van der Waals surface area contributed by atoms with Gasteiger partial charge in [-0.1, -0.05) is 381 Å². The van der Waals surface area contributed by atoms with Crippen LogP contribution in [0.2, 0.25) is 0 Å². The largest absolute Gasteiger partial charge is 0.889 e. The van der Waals surface area contributed by atoms with Gasteiger partial charge in [-0.3, -0.25) is 0 Å². The molecule has 0 saturated heterocycles. The van der Waals surface area contributed by atoms with Gasteiger partial charge in [-0.05, 0) is 69.8 Å². The lowest BCUT2D eigenvalue weighted by Gasteiger charge is -2.26. The molecule has 1 aromatic carbocycles. The third-order valence-electron chi connectivity index (χ3n) is 17.1. The summed E-state index contributed by atoms with van der Waals surface area (Å²) >= 11 is 0. The Morgan fingerprint density at radius 2 is 0.392 bits per heavy atom. The van der Waals surface area contributed by atoms with Gasteiger partial charge in [0.2, 0.25) is 0 Å². The van der Waals surface area contributed by atoms with Gasteiger partial charge in [-0.15, -0.1) is 5.46 Å². The second kappa shape index (κ2) is 75.1. The van der Waals surface area contributed by atoms with E-state index in [0.717, 1.165) is 19.3 Å². The third-order valence-corrected chi connectivity index (χ3v) is 17.1. The Labute approximate surface area is 500 Å². The molecule has 0 saturated carbocycles. The fraction of sp³-hybridized carbons (Fsp3) is 0.919. The van der Waals surface area contributed by atoms with Gasteiger partial charge in [0, 0.05) is 0 Å². The maximum absolute atomic E-state index is 10.5. The van der Waals surface area contributed by atoms with E-state index in [1.165, 1.54) is 391 Å². The number of hydrogen-bond acceptors (Lipinski definition) is 2. The molecule has 0 heterocycles. The molecule has 0 aliphatic heterocycles. The highest BCUT2D eigenvalue weighted by atomic mass is 16.4. The smallest absolute Gasteiger partial charge is 0.0755 e. The summed E-state index contributed by atoms with van der Waals surface area (Å²) in [5.41, 5.74) is 1.53. The van der Waals surface area contributed by atoms with Gasteiger partial charge >= 0.3 is 0 Å². The number of nitrogens with two attached hydrogens (primary N) is 2. The average Bonchev–Trinajstić information content (AvgIpc) is 3.46. The maximum atomic E-state index is 10.5. The van der Waals surface area contributed by atoms with Crippen molar-refractivity contribution in [1.29, 1.82) is 0 Å². The van der Waals surface area contributed by atoms with Crippen LogP contribution in [0, 0.1) is 0 Å². The quantitative estimate of drug-likeness (QED) is 0.0503. The Hall–Kier alpha value is -0.875. The molecule has 0 spiro atoms. The summed E-state index contributed by atoms with van der Waals surface area (Å²) < 4.78 is 0. The highest BCUT2D eigenvalue weighted by molar-refractivity contribution is 6.55. The van der Waals surface area contributed by atoms with Crippen molar-refractivity contribution in [1.82, 2.24) is 0 Å². The van der Waals surface area contributed by atoms with E-state index in [1.54, 1.807) is 12.1 Å². The summed E-state index contributed by atoms with van der Waals surface area (Å²) in [6.45, 7) is 16.8. The van der Waals surface area contributed by atoms with Crippen LogP contribution in [0.25, 0.3) is 0 Å². The normalized spacial score (nSPS) is 11.2. The van der Waals surface area contributed by atoms with Gasteiger partial charge in [0.05, 0.1) is 26.2 Å². The molecule has 79 heavy (non-hydrogen) atoms. The molecular formula is C74H149BN2O2. The van der Waals surface area contributed by atoms with Gasteiger partial charge in [0.1, 0.15) is 0 Å². The highest BCUT2D eigenvalue weighted by Crippen LogP contribution is 2.17. The summed E-state index contributed by atoms with van der Waals surface area (Å²) in [4.78, 5) is 0. The summed E-state index contributed by atoms with van der Waals surface area (Å²) in [6, 6.07) is 7.01. The Morgan fingerprint density at radius 3 is 0.557 bits per heavy atom. The number of benzene rings is 1. The van der Waals surface area contributed by atoms with Crippen molar-refractivity contribution >= 4 is 12.6 Å². The standard InChI is InChI=1S/2C32H67N.C10H13BO2/c2*1-3-5-7-9-11-13-15-17-19-21-23-25-27-29-31-33-32-30-28-26-24-22-20-18-16-14-12-10-8-6-4-2;1-2-3-4-9-5-7-10(8-6-9)11(12)13/h2*33H,3-32H2,1-2H3;5-8H,2-4H2,1H3/q;;-2/p+2. The monoisotopic (exact) mass is 1110 g/mol. The summed E-state index contributed by atoms with van der Waals surface area (Å²) in [5.74, 6) is 0. The fourth-order valence-electron chi connectivity index (χ4n) is 11.4. The summed E-state index contributed by atoms with van der Waals surface area (Å²) in [6.07, 6.45) is 85.5. The molecule has 470 valence electrons. The molecule has 5 heteroatoms. The van der Waals surface area contributed by atoms with E-state index in [4.69, 9.17) is 0 Å². The van der Waals surface area contributed by atoms with Crippen molar-refractivity contribution in [2.24, 2.45) is 0 Å². The van der Waals surface area contributed by atoms with E-state index in [-0.39, 0.29) is 0 Å². The Kier molecular flexibility index (Phi) is 76.3. The van der Waals surface area contributed by atoms with Gasteiger partial charge in [-0.2, -0.15) is 0 Å². The Morgan fingerprint density at radius 1 is 0.228 bits per heavy atom. The van der Waals surface area contributed by atoms with Crippen molar-refractivity contribution in [2.75, 3.05) is 26.2 Å². The average molecular weight is 1110 g/mol. The number of unbranched alkanes of at least 4 members (excludes halogenated alkanes) is 53. The number of quaternary nitrogens is 2. The molecule has 0 bridgehead atoms. The molecule has 1 rings (SSSR count). The molecule has 0 aliphatic carbocycles. The van der Waals surface area contributed by atoms with E-state index < -0.39 is 7.12 Å². The van der Waals surface area contributed by atoms with Crippen LogP contribution < -0.4 is 26.1 Å². The molecule has 4 nitrogen and oxygen atoms in total. The molecule has 0 unspecified atom stereocenters. The van der Waals surface area contributed by atoms with Crippen molar-refractivity contribution in [2.45, 2.75) is 413 Å². The molecule has 0 atom stereocenters. The topological polar surface area (TPSA) is 79.3 Å². The van der Waals surface area contributed by atoms with Gasteiger partial charge < -0.3 is 20.7 Å². The molecule has 1 aromatic rings. The second-order valence-corrected chi connectivity index (χ2v) is 25.3. The lowest BCUT2D eigenvalue weighted by molar-refractivity contribution is -0.655. The Bertz CT molecular complexity index is 1040. The van der Waals surface area contributed by atoms with Crippen molar-refractivity contribution in [3.63, 3.8) is 0 Å². The van der Waals surface area contributed by atoms with Crippen LogP contribution in [0.4, 0.5) is 0 Å². The first-order valence-electron chi connectivity index (χ1n) is 37.1. The molecule has 0 radical (unpaired) electrons. The number of hydrogen-bond donors (Lipinski definition) is 2. The molecule has 0 aliphatic rings. The van der Waals surface area contributed by atoms with E-state index in [2.05, 4.69) is 45.3 Å². The van der Waals surface area contributed by atoms with Crippen LogP contribution in [-0.2, 0) is 6.42 Å². The zero-order valence-electron chi connectivity index (χ0n) is 55.4. The first-order chi connectivity index (χ1) is 39.1. The number of rotatable bonds is 64. The molecular weight excluding hydrogens is 960 g/mol. The Balaban J connectivity index is 0. The molecule has 0 fully saturated rings. The van der Waals surface area contributed by atoms with Crippen LogP contribution in [-0.4, -0.2) is 33.3 Å². The zero-order valence-corrected chi connectivity index (χ0v) is 55.4. The minimum absolute atomic E-state index is 0.334. The van der Waals surface area contributed by atoms with Crippen LogP contribution in [0.5, 0.6) is 0 Å². The van der Waals surface area contributed by atoms with Gasteiger partial charge in [0.25, 0.3) is 0 Å². The van der Waals surface area contributed by atoms with Gasteiger partial charge in [-0.25, -0.2) is 0 Å².